The van der Waals surface area contributed by atoms with E-state index in [2.05, 4.69) is 0 Å². The predicted molar refractivity (Wildman–Crippen MR) is 133 cm³/mol. The minimum Gasteiger partial charge on any atom is -0.492 e. The Bertz CT molecular complexity index is 1270. The quantitative estimate of drug-likeness (QED) is 0.366. The number of thioether (sulfide) groups is 1. The van der Waals surface area contributed by atoms with Gasteiger partial charge in [-0.05, 0) is 43.3 Å². The number of hydrogen-bond acceptors (Lipinski definition) is 6. The molecule has 33 heavy (non-hydrogen) atoms. The molecule has 1 aliphatic heterocycles. The van der Waals surface area contributed by atoms with E-state index < -0.39 is 18.4 Å². The van der Waals surface area contributed by atoms with Gasteiger partial charge >= 0.3 is 5.97 Å². The number of para-hydroxylation sites is 1. The minimum absolute atomic E-state index is 0.203. The van der Waals surface area contributed by atoms with E-state index in [-0.39, 0.29) is 4.32 Å². The van der Waals surface area contributed by atoms with Gasteiger partial charge in [-0.2, -0.15) is 5.10 Å². The first-order valence-electron chi connectivity index (χ1n) is 9.92. The van der Waals surface area contributed by atoms with Crippen molar-refractivity contribution in [2.45, 2.75) is 6.92 Å². The number of benzene rings is 2. The molecule has 1 fully saturated rings. The molecule has 1 aromatic heterocycles. The number of rotatable bonds is 7. The van der Waals surface area contributed by atoms with Crippen LogP contribution in [0.2, 0.25) is 5.02 Å². The SMILES string of the molecule is CCOc1ccc(-c2nn(-c3ccccc3)cc2C=C2SC(=S)N(CC(=O)O)C2=O)cc1Cl. The number of ether oxygens (including phenoxy) is 1. The van der Waals surface area contributed by atoms with Crippen LogP contribution in [0.3, 0.4) is 0 Å². The minimum atomic E-state index is -1.13. The second-order valence-electron chi connectivity index (χ2n) is 6.95. The smallest absolute Gasteiger partial charge is 0.323 e. The van der Waals surface area contributed by atoms with Crippen LogP contribution in [-0.2, 0) is 9.59 Å². The van der Waals surface area contributed by atoms with Gasteiger partial charge in [0.05, 0.1) is 22.2 Å². The summed E-state index contributed by atoms with van der Waals surface area (Å²) >= 11 is 12.7. The Kier molecular flexibility index (Phi) is 6.83. The van der Waals surface area contributed by atoms with Crippen LogP contribution in [0.1, 0.15) is 12.5 Å². The largest absolute Gasteiger partial charge is 0.492 e. The molecule has 1 aliphatic rings. The van der Waals surface area contributed by atoms with Crippen LogP contribution in [-0.4, -0.2) is 49.1 Å². The second kappa shape index (κ2) is 9.78. The van der Waals surface area contributed by atoms with Crippen molar-refractivity contribution in [3.8, 4) is 22.7 Å². The molecule has 0 atom stereocenters. The van der Waals surface area contributed by atoms with Crippen LogP contribution in [0, 0.1) is 0 Å². The Balaban J connectivity index is 1.79. The molecule has 168 valence electrons. The van der Waals surface area contributed by atoms with E-state index in [0.717, 1.165) is 27.9 Å². The molecular formula is C23H18ClN3O4S2. The predicted octanol–water partition coefficient (Wildman–Crippen LogP) is 4.88. The topological polar surface area (TPSA) is 84.7 Å². The summed E-state index contributed by atoms with van der Waals surface area (Å²) in [5.41, 5.74) is 2.85. The van der Waals surface area contributed by atoms with Crippen molar-refractivity contribution in [3.05, 3.63) is 70.2 Å². The van der Waals surface area contributed by atoms with Crippen molar-refractivity contribution < 1.29 is 19.4 Å². The molecule has 4 rings (SSSR count). The van der Waals surface area contributed by atoms with Crippen molar-refractivity contribution in [2.24, 2.45) is 0 Å². The number of carbonyl (C=O) groups excluding carboxylic acids is 1. The number of carbonyl (C=O) groups is 2. The van der Waals surface area contributed by atoms with Gasteiger partial charge < -0.3 is 9.84 Å². The van der Waals surface area contributed by atoms with E-state index in [9.17, 15) is 9.59 Å². The number of thiocarbonyl (C=S) groups is 1. The molecule has 1 saturated heterocycles. The molecule has 0 aliphatic carbocycles. The van der Waals surface area contributed by atoms with E-state index in [4.69, 9.17) is 38.8 Å². The van der Waals surface area contributed by atoms with Gasteiger partial charge in [-0.1, -0.05) is 53.8 Å². The molecule has 3 aromatic rings. The summed E-state index contributed by atoms with van der Waals surface area (Å²) in [6, 6.07) is 14.9. The summed E-state index contributed by atoms with van der Waals surface area (Å²) in [7, 11) is 0. The zero-order chi connectivity index (χ0) is 23.5. The van der Waals surface area contributed by atoms with Gasteiger partial charge in [-0.15, -0.1) is 0 Å². The van der Waals surface area contributed by atoms with Crippen molar-refractivity contribution in [2.75, 3.05) is 13.2 Å². The first-order chi connectivity index (χ1) is 15.9. The van der Waals surface area contributed by atoms with E-state index in [1.807, 2.05) is 43.3 Å². The third kappa shape index (κ3) is 4.95. The average Bonchev–Trinajstić information content (AvgIpc) is 3.32. The van der Waals surface area contributed by atoms with Crippen LogP contribution in [0.15, 0.2) is 59.6 Å². The van der Waals surface area contributed by atoms with Gasteiger partial charge in [0.1, 0.15) is 22.3 Å². The lowest BCUT2D eigenvalue weighted by molar-refractivity contribution is -0.140. The Morgan fingerprint density at radius 2 is 2.03 bits per heavy atom. The molecule has 7 nitrogen and oxygen atoms in total. The zero-order valence-electron chi connectivity index (χ0n) is 17.4. The van der Waals surface area contributed by atoms with E-state index in [1.54, 1.807) is 29.1 Å². The van der Waals surface area contributed by atoms with Crippen molar-refractivity contribution >= 4 is 57.9 Å². The first kappa shape index (κ1) is 23.0. The second-order valence-corrected chi connectivity index (χ2v) is 9.04. The summed E-state index contributed by atoms with van der Waals surface area (Å²) < 4.78 is 7.44. The molecule has 1 N–H and O–H groups in total. The summed E-state index contributed by atoms with van der Waals surface area (Å²) in [5.74, 6) is -1.01. The fourth-order valence-electron chi connectivity index (χ4n) is 3.26. The van der Waals surface area contributed by atoms with E-state index in [0.29, 0.717) is 33.5 Å². The molecular weight excluding hydrogens is 482 g/mol. The lowest BCUT2D eigenvalue weighted by atomic mass is 10.1. The highest BCUT2D eigenvalue weighted by Crippen LogP contribution is 2.36. The summed E-state index contributed by atoms with van der Waals surface area (Å²) in [6.07, 6.45) is 3.48. The third-order valence-electron chi connectivity index (χ3n) is 4.72. The number of amides is 1. The lowest BCUT2D eigenvalue weighted by Crippen LogP contribution is -2.33. The Morgan fingerprint density at radius 3 is 2.70 bits per heavy atom. The number of carboxylic acid groups (broad SMARTS) is 1. The van der Waals surface area contributed by atoms with E-state index in [1.165, 1.54) is 0 Å². The zero-order valence-corrected chi connectivity index (χ0v) is 19.8. The molecule has 2 aromatic carbocycles. The number of halogens is 1. The van der Waals surface area contributed by atoms with Crippen LogP contribution < -0.4 is 4.74 Å². The molecule has 0 bridgehead atoms. The first-order valence-corrected chi connectivity index (χ1v) is 11.5. The third-order valence-corrected chi connectivity index (χ3v) is 6.40. The molecule has 0 radical (unpaired) electrons. The fraction of sp³-hybridized carbons (Fsp3) is 0.130. The Labute approximate surface area is 204 Å². The normalized spacial score (nSPS) is 14.8. The van der Waals surface area contributed by atoms with Crippen LogP contribution >= 0.6 is 35.6 Å². The number of aromatic nitrogens is 2. The van der Waals surface area contributed by atoms with Crippen LogP contribution in [0.25, 0.3) is 23.0 Å². The van der Waals surface area contributed by atoms with Gasteiger partial charge in [-0.25, -0.2) is 4.68 Å². The number of nitrogens with zero attached hydrogens (tertiary/aromatic N) is 3. The maximum Gasteiger partial charge on any atom is 0.323 e. The molecule has 10 heteroatoms. The van der Waals surface area contributed by atoms with Gasteiger partial charge in [0.15, 0.2) is 0 Å². The van der Waals surface area contributed by atoms with Crippen molar-refractivity contribution in [3.63, 3.8) is 0 Å². The number of aliphatic carboxylic acids is 1. The standard InChI is InChI=1S/C23H18ClN3O4S2/c1-2-31-18-9-8-14(10-17(18)24)21-15(12-27(25-21)16-6-4-3-5-7-16)11-19-22(30)26(13-20(28)29)23(32)33-19/h3-12H,2,13H2,1H3,(H,28,29). The molecule has 2 heterocycles. The van der Waals surface area contributed by atoms with Gasteiger partial charge in [0, 0.05) is 17.3 Å². The summed E-state index contributed by atoms with van der Waals surface area (Å²) in [4.78, 5) is 25.3. The molecule has 0 spiro atoms. The summed E-state index contributed by atoms with van der Waals surface area (Å²) in [5, 5.41) is 14.3. The molecule has 0 unspecified atom stereocenters. The Hall–Kier alpha value is -3.14. The fourth-order valence-corrected chi connectivity index (χ4v) is 4.74. The molecule has 0 saturated carbocycles. The van der Waals surface area contributed by atoms with Gasteiger partial charge in [0.2, 0.25) is 0 Å². The lowest BCUT2D eigenvalue weighted by Gasteiger charge is -2.10. The Morgan fingerprint density at radius 1 is 1.27 bits per heavy atom. The highest BCUT2D eigenvalue weighted by atomic mass is 35.5. The highest BCUT2D eigenvalue weighted by Gasteiger charge is 2.33. The van der Waals surface area contributed by atoms with Crippen LogP contribution in [0.4, 0.5) is 0 Å². The van der Waals surface area contributed by atoms with Crippen molar-refractivity contribution in [1.82, 2.24) is 14.7 Å². The van der Waals surface area contributed by atoms with Gasteiger partial charge in [-0.3, -0.25) is 14.5 Å². The van der Waals surface area contributed by atoms with Crippen molar-refractivity contribution in [1.29, 1.82) is 0 Å². The van der Waals surface area contributed by atoms with Crippen LogP contribution in [0.5, 0.6) is 5.75 Å². The number of hydrogen-bond donors (Lipinski definition) is 1. The average molecular weight is 500 g/mol. The highest BCUT2D eigenvalue weighted by molar-refractivity contribution is 8.26. The van der Waals surface area contributed by atoms with E-state index >= 15 is 0 Å². The monoisotopic (exact) mass is 499 g/mol. The maximum absolute atomic E-state index is 12.8. The summed E-state index contributed by atoms with van der Waals surface area (Å²) in [6.45, 7) is 1.89. The maximum atomic E-state index is 12.8. The van der Waals surface area contributed by atoms with Gasteiger partial charge in [0.25, 0.3) is 5.91 Å². The molecule has 1 amide bonds. The number of carboxylic acids is 1.